The van der Waals surface area contributed by atoms with Crippen LogP contribution in [0.15, 0.2) is 11.6 Å². The van der Waals surface area contributed by atoms with Crippen molar-refractivity contribution in [2.24, 2.45) is 28.6 Å². The second kappa shape index (κ2) is 5.78. The van der Waals surface area contributed by atoms with Crippen molar-refractivity contribution < 1.29 is 28.5 Å². The third kappa shape index (κ3) is 2.07. The van der Waals surface area contributed by atoms with E-state index in [0.29, 0.717) is 37.1 Å². The third-order valence-corrected chi connectivity index (χ3v) is 9.65. The van der Waals surface area contributed by atoms with Gasteiger partial charge in [-0.25, -0.2) is 0 Å². The minimum absolute atomic E-state index is 0.0165. The molecule has 2 heterocycles. The van der Waals surface area contributed by atoms with Crippen molar-refractivity contribution in [2.45, 2.75) is 70.2 Å². The van der Waals surface area contributed by atoms with Gasteiger partial charge in [-0.05, 0) is 55.4 Å². The number of hydrogen-bond acceptors (Lipinski definition) is 6. The Morgan fingerprint density at radius 2 is 1.83 bits per heavy atom. The maximum atomic E-state index is 13.8. The molecule has 6 nitrogen and oxygen atoms in total. The number of ketones is 2. The fourth-order valence-electron chi connectivity index (χ4n) is 8.36. The Balaban J connectivity index is 1.42. The lowest BCUT2D eigenvalue weighted by molar-refractivity contribution is -0.246. The highest BCUT2D eigenvalue weighted by molar-refractivity contribution is 5.93. The Labute approximate surface area is 171 Å². The maximum absolute atomic E-state index is 13.8. The van der Waals surface area contributed by atoms with E-state index in [9.17, 15) is 9.59 Å². The molecule has 0 aromatic rings. The van der Waals surface area contributed by atoms with E-state index in [-0.39, 0.29) is 36.1 Å². The zero-order valence-electron chi connectivity index (χ0n) is 17.3. The van der Waals surface area contributed by atoms with Crippen LogP contribution in [-0.4, -0.2) is 43.1 Å². The van der Waals surface area contributed by atoms with E-state index in [1.54, 1.807) is 0 Å². The number of carbonyl (C=O) groups excluding carboxylic acids is 2. The molecule has 158 valence electrons. The average Bonchev–Trinajstić information content (AvgIpc) is 3.37. The third-order valence-electron chi connectivity index (χ3n) is 9.65. The Morgan fingerprint density at radius 3 is 2.62 bits per heavy atom. The minimum atomic E-state index is -0.884. The molecule has 4 aliphatic carbocycles. The summed E-state index contributed by atoms with van der Waals surface area (Å²) in [6, 6.07) is 0. The fourth-order valence-corrected chi connectivity index (χ4v) is 8.36. The Morgan fingerprint density at radius 1 is 1.00 bits per heavy atom. The van der Waals surface area contributed by atoms with Gasteiger partial charge in [-0.15, -0.1) is 0 Å². The fraction of sp³-hybridized carbons (Fsp3) is 0.826. The summed E-state index contributed by atoms with van der Waals surface area (Å²) in [5.74, 6) is 0.416. The van der Waals surface area contributed by atoms with Gasteiger partial charge in [0.05, 0.1) is 0 Å². The number of ether oxygens (including phenoxy) is 4. The number of carbonyl (C=O) groups is 2. The van der Waals surface area contributed by atoms with E-state index < -0.39 is 11.4 Å². The first-order valence-corrected chi connectivity index (χ1v) is 11.1. The molecule has 0 bridgehead atoms. The van der Waals surface area contributed by atoms with Crippen LogP contribution >= 0.6 is 0 Å². The Kier molecular flexibility index (Phi) is 3.72. The molecule has 3 saturated carbocycles. The van der Waals surface area contributed by atoms with E-state index in [2.05, 4.69) is 13.8 Å². The molecule has 6 heteroatoms. The molecule has 0 aromatic heterocycles. The van der Waals surface area contributed by atoms with Crippen LogP contribution in [0.3, 0.4) is 0 Å². The monoisotopic (exact) mass is 402 g/mol. The SMILES string of the molecule is C[C@]12CCC(=O)C=C1CC[C@H]1[C@H]2C(=O)C[C@@]2(C)[C@@H]1CC[C@@]21OCO[C@]12COCO2. The highest BCUT2D eigenvalue weighted by Crippen LogP contribution is 2.70. The first-order chi connectivity index (χ1) is 13.9. The second-order valence-electron chi connectivity index (χ2n) is 10.5. The molecule has 5 fully saturated rings. The summed E-state index contributed by atoms with van der Waals surface area (Å²) in [6.45, 7) is 5.24. The predicted molar refractivity (Wildman–Crippen MR) is 102 cm³/mol. The molecule has 6 aliphatic rings. The standard InChI is InChI=1S/C23H30O6/c1-20-7-5-15(24)9-14(20)3-4-16-17-6-8-22(21(17,2)10-18(25)19(16)20)23(29-13-27-22)11-26-12-28-23/h9,16-17,19H,3-8,10-13H2,1-2H3/t16-,17-,19+,20+,21+,22-,23-/m1/s1. The van der Waals surface area contributed by atoms with Crippen LogP contribution in [0.1, 0.15) is 58.8 Å². The van der Waals surface area contributed by atoms with Gasteiger partial charge in [0, 0.05) is 24.2 Å². The van der Waals surface area contributed by atoms with Crippen molar-refractivity contribution in [3.63, 3.8) is 0 Å². The number of hydrogen-bond donors (Lipinski definition) is 0. The number of allylic oxidation sites excluding steroid dienone is 1. The molecule has 7 atom stereocenters. The van der Waals surface area contributed by atoms with Crippen molar-refractivity contribution in [1.82, 2.24) is 0 Å². The van der Waals surface area contributed by atoms with Crippen LogP contribution in [0.25, 0.3) is 0 Å². The second-order valence-corrected chi connectivity index (χ2v) is 10.5. The lowest BCUT2D eigenvalue weighted by Crippen LogP contribution is -2.65. The van der Waals surface area contributed by atoms with E-state index in [1.807, 2.05) is 6.08 Å². The molecule has 0 N–H and O–H groups in total. The zero-order valence-corrected chi connectivity index (χ0v) is 17.3. The Hall–Kier alpha value is -1.08. The molecule has 2 saturated heterocycles. The molecule has 2 spiro atoms. The van der Waals surface area contributed by atoms with Crippen molar-refractivity contribution in [2.75, 3.05) is 20.2 Å². The van der Waals surface area contributed by atoms with Gasteiger partial charge in [0.1, 0.15) is 18.0 Å². The first kappa shape index (κ1) is 18.7. The Bertz CT molecular complexity index is 807. The van der Waals surface area contributed by atoms with Gasteiger partial charge >= 0.3 is 0 Å². The number of rotatable bonds is 0. The smallest absolute Gasteiger partial charge is 0.226 e. The predicted octanol–water partition coefficient (Wildman–Crippen LogP) is 3.14. The van der Waals surface area contributed by atoms with Gasteiger partial charge in [-0.1, -0.05) is 19.4 Å². The first-order valence-electron chi connectivity index (χ1n) is 11.1. The topological polar surface area (TPSA) is 71.1 Å². The summed E-state index contributed by atoms with van der Waals surface area (Å²) in [5, 5.41) is 0. The highest BCUT2D eigenvalue weighted by Gasteiger charge is 2.76. The number of Topliss-reactive ketones (excluding diaryl/α,β-unsaturated/α-hetero) is 1. The van der Waals surface area contributed by atoms with Crippen LogP contribution < -0.4 is 0 Å². The molecule has 0 amide bonds. The van der Waals surface area contributed by atoms with E-state index >= 15 is 0 Å². The molecule has 0 unspecified atom stereocenters. The summed E-state index contributed by atoms with van der Waals surface area (Å²) in [7, 11) is 0. The van der Waals surface area contributed by atoms with Crippen LogP contribution in [0.2, 0.25) is 0 Å². The van der Waals surface area contributed by atoms with Crippen molar-refractivity contribution in [3.05, 3.63) is 11.6 Å². The molecular formula is C23H30O6. The van der Waals surface area contributed by atoms with Gasteiger partial charge in [0.25, 0.3) is 0 Å². The van der Waals surface area contributed by atoms with Gasteiger partial charge < -0.3 is 18.9 Å². The summed E-state index contributed by atoms with van der Waals surface area (Å²) in [6.07, 6.45) is 7.48. The molecule has 0 radical (unpaired) electrons. The van der Waals surface area contributed by atoms with Gasteiger partial charge in [0.15, 0.2) is 19.4 Å². The van der Waals surface area contributed by atoms with Crippen LogP contribution in [0.5, 0.6) is 0 Å². The minimum Gasteiger partial charge on any atom is -0.350 e. The van der Waals surface area contributed by atoms with Crippen molar-refractivity contribution in [3.8, 4) is 0 Å². The van der Waals surface area contributed by atoms with Crippen molar-refractivity contribution >= 4 is 11.6 Å². The van der Waals surface area contributed by atoms with Crippen LogP contribution in [0.4, 0.5) is 0 Å². The quantitative estimate of drug-likeness (QED) is 0.620. The van der Waals surface area contributed by atoms with E-state index in [0.717, 1.165) is 32.1 Å². The van der Waals surface area contributed by atoms with Crippen LogP contribution in [0, 0.1) is 28.6 Å². The molecule has 0 aromatic carbocycles. The van der Waals surface area contributed by atoms with Crippen molar-refractivity contribution in [1.29, 1.82) is 0 Å². The largest absolute Gasteiger partial charge is 0.350 e. The van der Waals surface area contributed by atoms with Gasteiger partial charge in [-0.2, -0.15) is 0 Å². The summed E-state index contributed by atoms with van der Waals surface area (Å²) >= 11 is 0. The zero-order chi connectivity index (χ0) is 20.1. The summed E-state index contributed by atoms with van der Waals surface area (Å²) in [4.78, 5) is 25.8. The molecular weight excluding hydrogens is 372 g/mol. The van der Waals surface area contributed by atoms with Gasteiger partial charge in [0.2, 0.25) is 5.79 Å². The summed E-state index contributed by atoms with van der Waals surface area (Å²) in [5.41, 5.74) is 0.103. The normalized spacial score (nSPS) is 53.9. The lowest BCUT2D eigenvalue weighted by atomic mass is 9.45. The van der Waals surface area contributed by atoms with E-state index in [4.69, 9.17) is 18.9 Å². The molecule has 2 aliphatic heterocycles. The van der Waals surface area contributed by atoms with Crippen LogP contribution in [-0.2, 0) is 28.5 Å². The highest BCUT2D eigenvalue weighted by atomic mass is 16.9. The lowest BCUT2D eigenvalue weighted by Gasteiger charge is -2.59. The summed E-state index contributed by atoms with van der Waals surface area (Å²) < 4.78 is 24.0. The average molecular weight is 402 g/mol. The van der Waals surface area contributed by atoms with E-state index in [1.165, 1.54) is 5.57 Å². The molecule has 6 rings (SSSR count). The molecule has 29 heavy (non-hydrogen) atoms. The maximum Gasteiger partial charge on any atom is 0.226 e. The van der Waals surface area contributed by atoms with Gasteiger partial charge in [-0.3, -0.25) is 9.59 Å². The number of fused-ring (bicyclic) bond motifs is 7.